The number of hydrogen-bond donors (Lipinski definition) is 0. The van der Waals surface area contributed by atoms with Gasteiger partial charge in [0.15, 0.2) is 6.29 Å². The number of hydrogen-bond acceptors (Lipinski definition) is 4. The number of unbranched alkanes of at least 4 members (excludes halogenated alkanes) is 3. The summed E-state index contributed by atoms with van der Waals surface area (Å²) in [6, 6.07) is 2.16. The van der Waals surface area contributed by atoms with Gasteiger partial charge in [-0.15, -0.1) is 0 Å². The van der Waals surface area contributed by atoms with Crippen molar-refractivity contribution in [2.45, 2.75) is 85.8 Å². The maximum absolute atomic E-state index is 11.1. The molecule has 0 atom stereocenters. The van der Waals surface area contributed by atoms with Gasteiger partial charge in [0, 0.05) is 14.2 Å². The Hall–Kier alpha value is -0.461. The standard InChI is InChI=1S/C6H4NO.C4H10O2.3C4H9.Sn/c8-5-6-2-1-3-7-4-6;1-4(5-2)6-3;3*1-3-4-2;/h2-5H;4H,1-3H3;3*1,3-4H2,2H3;. The van der Waals surface area contributed by atoms with Gasteiger partial charge in [-0.25, -0.2) is 0 Å². The smallest absolute Gasteiger partial charge is 0.154 e. The van der Waals surface area contributed by atoms with Crippen LogP contribution in [0.25, 0.3) is 0 Å². The molecule has 5 heteroatoms. The van der Waals surface area contributed by atoms with Crippen molar-refractivity contribution in [1.82, 2.24) is 4.98 Å². The van der Waals surface area contributed by atoms with Crippen molar-refractivity contribution in [3.05, 3.63) is 24.0 Å². The van der Waals surface area contributed by atoms with Crippen LogP contribution in [0.2, 0.25) is 13.3 Å². The molecule has 0 unspecified atom stereocenters. The van der Waals surface area contributed by atoms with E-state index in [0.29, 0.717) is 0 Å². The maximum Gasteiger partial charge on any atom is 0.154 e. The number of rotatable bonds is 13. The van der Waals surface area contributed by atoms with Gasteiger partial charge in [-0.05, 0) is 6.92 Å². The number of pyridine rings is 1. The van der Waals surface area contributed by atoms with Crippen LogP contribution in [-0.4, -0.2) is 50.2 Å². The fraction of sp³-hybridized carbons (Fsp3) is 0.727. The number of carbonyl (C=O) groups excluding carboxylic acids is 1. The van der Waals surface area contributed by atoms with Crippen LogP contribution in [0.3, 0.4) is 0 Å². The minimum absolute atomic E-state index is 0.0648. The van der Waals surface area contributed by atoms with Crippen LogP contribution in [0.15, 0.2) is 18.5 Å². The summed E-state index contributed by atoms with van der Waals surface area (Å²) in [4.78, 5) is 15.5. The molecule has 0 amide bonds. The molecule has 0 aliphatic carbocycles. The fourth-order valence-electron chi connectivity index (χ4n) is 3.26. The summed E-state index contributed by atoms with van der Waals surface area (Å²) in [5.41, 5.74) is 0.762. The second kappa shape index (κ2) is 16.5. The number of carbonyl (C=O) groups is 1. The predicted molar refractivity (Wildman–Crippen MR) is 118 cm³/mol. The first-order chi connectivity index (χ1) is 13.0. The van der Waals surface area contributed by atoms with Crippen LogP contribution in [0, 0.1) is 0 Å². The Labute approximate surface area is 171 Å². The van der Waals surface area contributed by atoms with Gasteiger partial charge in [0.1, 0.15) is 0 Å². The number of nitrogens with zero attached hydrogens (tertiary/aromatic N) is 1. The van der Waals surface area contributed by atoms with Gasteiger partial charge >= 0.3 is 135 Å². The van der Waals surface area contributed by atoms with E-state index in [1.165, 1.54) is 55.4 Å². The van der Waals surface area contributed by atoms with Crippen molar-refractivity contribution >= 4 is 28.2 Å². The molecule has 0 N–H and O–H groups in total. The minimum Gasteiger partial charge on any atom is -0.356 e. The predicted octanol–water partition coefficient (Wildman–Crippen LogP) is 5.58. The Morgan fingerprint density at radius 2 is 1.44 bits per heavy atom. The molecular weight excluding hydrogens is 445 g/mol. The molecule has 27 heavy (non-hydrogen) atoms. The monoisotopic (exact) mass is 487 g/mol. The summed E-state index contributed by atoms with van der Waals surface area (Å²) in [5.74, 6) is 0. The molecular formula is C22H41NO3Sn. The van der Waals surface area contributed by atoms with Gasteiger partial charge in [-0.2, -0.15) is 0 Å². The molecule has 1 aromatic rings. The largest absolute Gasteiger partial charge is 0.356 e. The zero-order valence-electron chi connectivity index (χ0n) is 18.4. The number of ether oxygens (including phenoxy) is 2. The van der Waals surface area contributed by atoms with E-state index in [-0.39, 0.29) is 6.29 Å². The number of methoxy groups -OCH3 is 2. The Bertz CT molecular complexity index is 470. The third kappa shape index (κ3) is 10.6. The van der Waals surface area contributed by atoms with Gasteiger partial charge in [-0.3, -0.25) is 0 Å². The van der Waals surface area contributed by atoms with Crippen LogP contribution in [0.4, 0.5) is 0 Å². The van der Waals surface area contributed by atoms with Crippen molar-refractivity contribution in [2.24, 2.45) is 0 Å². The van der Waals surface area contributed by atoms with Gasteiger partial charge in [0.25, 0.3) is 0 Å². The Balaban J connectivity index is 0.000000972. The average Bonchev–Trinajstić information content (AvgIpc) is 2.73. The van der Waals surface area contributed by atoms with E-state index >= 15 is 0 Å². The molecule has 1 rings (SSSR count). The third-order valence-corrected chi connectivity index (χ3v) is 20.7. The van der Waals surface area contributed by atoms with Crippen molar-refractivity contribution < 1.29 is 14.3 Å². The summed E-state index contributed by atoms with van der Waals surface area (Å²) in [6.45, 7) is 8.70. The quantitative estimate of drug-likeness (QED) is 0.208. The van der Waals surface area contributed by atoms with Gasteiger partial charge in [0.05, 0.1) is 0 Å². The minimum atomic E-state index is -2.38. The summed E-state index contributed by atoms with van der Waals surface area (Å²) in [5, 5.41) is 0. The van der Waals surface area contributed by atoms with E-state index in [1.54, 1.807) is 20.4 Å². The first-order valence-corrected chi connectivity index (χ1v) is 18.0. The van der Waals surface area contributed by atoms with E-state index in [0.717, 1.165) is 11.8 Å². The van der Waals surface area contributed by atoms with Crippen LogP contribution in [-0.2, 0) is 9.47 Å². The normalized spacial score (nSPS) is 11.2. The summed E-state index contributed by atoms with van der Waals surface area (Å²) in [7, 11) is 3.21. The van der Waals surface area contributed by atoms with E-state index in [4.69, 9.17) is 0 Å². The van der Waals surface area contributed by atoms with Crippen molar-refractivity contribution in [3.8, 4) is 0 Å². The Morgan fingerprint density at radius 1 is 0.963 bits per heavy atom. The van der Waals surface area contributed by atoms with Crippen molar-refractivity contribution in [1.29, 1.82) is 0 Å². The van der Waals surface area contributed by atoms with E-state index in [2.05, 4.69) is 47.5 Å². The molecule has 4 nitrogen and oxygen atoms in total. The molecule has 0 radical (unpaired) electrons. The summed E-state index contributed by atoms with van der Waals surface area (Å²) < 4.78 is 15.1. The zero-order chi connectivity index (χ0) is 20.5. The first kappa shape index (κ1) is 26.5. The van der Waals surface area contributed by atoms with Crippen molar-refractivity contribution in [2.75, 3.05) is 14.2 Å². The van der Waals surface area contributed by atoms with Crippen LogP contribution >= 0.6 is 0 Å². The topological polar surface area (TPSA) is 48.4 Å². The molecule has 0 aliphatic rings. The van der Waals surface area contributed by atoms with Crippen molar-refractivity contribution in [3.63, 3.8) is 0 Å². The first-order valence-electron chi connectivity index (χ1n) is 10.5. The maximum atomic E-state index is 11.1. The second-order valence-corrected chi connectivity index (χ2v) is 20.5. The number of aldehydes is 1. The molecule has 0 spiro atoms. The van der Waals surface area contributed by atoms with Crippen LogP contribution < -0.4 is 3.58 Å². The molecule has 0 saturated carbocycles. The van der Waals surface area contributed by atoms with E-state index in [1.807, 2.05) is 6.92 Å². The van der Waals surface area contributed by atoms with E-state index < -0.39 is 18.4 Å². The van der Waals surface area contributed by atoms with Gasteiger partial charge in [-0.1, -0.05) is 0 Å². The van der Waals surface area contributed by atoms with Gasteiger partial charge in [0.2, 0.25) is 0 Å². The SMILES string of the molecule is CCC[CH2][Sn]([CH2]CCC)([CH2]CCC)[c]1cncc(C=O)c1.COC(C)OC. The molecule has 0 aromatic carbocycles. The molecule has 1 aromatic heterocycles. The molecule has 1 heterocycles. The fourth-order valence-corrected chi connectivity index (χ4v) is 19.0. The molecule has 0 saturated heterocycles. The number of aromatic nitrogens is 1. The third-order valence-electron chi connectivity index (χ3n) is 5.20. The summed E-state index contributed by atoms with van der Waals surface area (Å²) in [6.07, 6.45) is 12.5. The zero-order valence-corrected chi connectivity index (χ0v) is 21.3. The van der Waals surface area contributed by atoms with Crippen LogP contribution in [0.5, 0.6) is 0 Å². The Kier molecular flexibility index (Phi) is 16.2. The van der Waals surface area contributed by atoms with E-state index in [9.17, 15) is 4.79 Å². The molecule has 0 aliphatic heterocycles. The second-order valence-electron chi connectivity index (χ2n) is 7.25. The van der Waals surface area contributed by atoms with Crippen LogP contribution in [0.1, 0.15) is 76.6 Å². The molecule has 0 fully saturated rings. The average molecular weight is 486 g/mol. The Morgan fingerprint density at radius 3 is 1.78 bits per heavy atom. The molecule has 156 valence electrons. The molecule has 0 bridgehead atoms. The summed E-state index contributed by atoms with van der Waals surface area (Å²) >= 11 is -2.38. The van der Waals surface area contributed by atoms with Gasteiger partial charge < -0.3 is 9.47 Å².